The van der Waals surface area contributed by atoms with Crippen LogP contribution in [0.2, 0.25) is 0 Å². The summed E-state index contributed by atoms with van der Waals surface area (Å²) in [4.78, 5) is 14.2. The van der Waals surface area contributed by atoms with Crippen LogP contribution in [0.25, 0.3) is 0 Å². The van der Waals surface area contributed by atoms with Crippen molar-refractivity contribution in [1.29, 1.82) is 5.26 Å². The molecule has 2 rings (SSSR count). The first-order chi connectivity index (χ1) is 9.63. The van der Waals surface area contributed by atoms with Crippen molar-refractivity contribution in [3.8, 4) is 17.6 Å². The van der Waals surface area contributed by atoms with Crippen LogP contribution in [0.4, 0.5) is 5.69 Å². The number of pyridine rings is 1. The van der Waals surface area contributed by atoms with Gasteiger partial charge >= 0.3 is 0 Å². The Morgan fingerprint density at radius 1 is 1.40 bits per heavy atom. The standard InChI is InChI=1S/C14H11N3O3/c1-2-10-5-13(9-16-8-10)20-14-4-3-12(17(18)19)6-11(14)7-15/h3-6,8-9H,2H2,1H3. The minimum atomic E-state index is -0.552. The van der Waals surface area contributed by atoms with Gasteiger partial charge in [0.05, 0.1) is 11.1 Å². The first-order valence-corrected chi connectivity index (χ1v) is 5.94. The van der Waals surface area contributed by atoms with Crippen LogP contribution in [0.3, 0.4) is 0 Å². The fraction of sp³-hybridized carbons (Fsp3) is 0.143. The van der Waals surface area contributed by atoms with E-state index in [0.717, 1.165) is 12.0 Å². The van der Waals surface area contributed by atoms with E-state index in [1.807, 2.05) is 19.1 Å². The quantitative estimate of drug-likeness (QED) is 0.628. The Labute approximate surface area is 115 Å². The number of aromatic nitrogens is 1. The third-order valence-corrected chi connectivity index (χ3v) is 2.70. The minimum Gasteiger partial charge on any atom is -0.454 e. The second kappa shape index (κ2) is 5.80. The molecule has 0 aliphatic rings. The van der Waals surface area contributed by atoms with E-state index in [1.54, 1.807) is 6.20 Å². The van der Waals surface area contributed by atoms with Crippen LogP contribution in [0.15, 0.2) is 36.7 Å². The molecule has 6 heteroatoms. The van der Waals surface area contributed by atoms with E-state index in [0.29, 0.717) is 5.75 Å². The molecular formula is C14H11N3O3. The summed E-state index contributed by atoms with van der Waals surface area (Å²) in [6.45, 7) is 1.99. The number of nitro benzene ring substituents is 1. The maximum Gasteiger partial charge on any atom is 0.271 e. The smallest absolute Gasteiger partial charge is 0.271 e. The molecule has 1 heterocycles. The summed E-state index contributed by atoms with van der Waals surface area (Å²) in [6.07, 6.45) is 4.07. The van der Waals surface area contributed by atoms with Crippen molar-refractivity contribution in [2.75, 3.05) is 0 Å². The van der Waals surface area contributed by atoms with Crippen molar-refractivity contribution < 1.29 is 9.66 Å². The van der Waals surface area contributed by atoms with Gasteiger partial charge in [-0.05, 0) is 24.1 Å². The van der Waals surface area contributed by atoms with Crippen LogP contribution in [0.1, 0.15) is 18.1 Å². The summed E-state index contributed by atoms with van der Waals surface area (Å²) in [5.74, 6) is 0.767. The summed E-state index contributed by atoms with van der Waals surface area (Å²) in [7, 11) is 0. The molecule has 0 spiro atoms. The van der Waals surface area contributed by atoms with Crippen molar-refractivity contribution in [3.05, 3.63) is 57.9 Å². The van der Waals surface area contributed by atoms with Gasteiger partial charge in [-0.15, -0.1) is 0 Å². The highest BCUT2D eigenvalue weighted by molar-refractivity contribution is 5.51. The molecule has 0 radical (unpaired) electrons. The Morgan fingerprint density at radius 3 is 2.85 bits per heavy atom. The lowest BCUT2D eigenvalue weighted by molar-refractivity contribution is -0.384. The molecule has 0 atom stereocenters. The topological polar surface area (TPSA) is 89.1 Å². The number of aryl methyl sites for hydroxylation is 1. The first-order valence-electron chi connectivity index (χ1n) is 5.94. The summed E-state index contributed by atoms with van der Waals surface area (Å²) in [5.41, 5.74) is 0.971. The van der Waals surface area contributed by atoms with Crippen molar-refractivity contribution >= 4 is 5.69 Å². The third-order valence-electron chi connectivity index (χ3n) is 2.70. The van der Waals surface area contributed by atoms with Crippen molar-refractivity contribution in [3.63, 3.8) is 0 Å². The van der Waals surface area contributed by atoms with Crippen LogP contribution < -0.4 is 4.74 Å². The Hall–Kier alpha value is -2.94. The van der Waals surface area contributed by atoms with Crippen molar-refractivity contribution in [2.45, 2.75) is 13.3 Å². The van der Waals surface area contributed by atoms with Crippen LogP contribution in [0.5, 0.6) is 11.5 Å². The van der Waals surface area contributed by atoms with Crippen LogP contribution in [0, 0.1) is 21.4 Å². The van der Waals surface area contributed by atoms with Gasteiger partial charge in [0.25, 0.3) is 5.69 Å². The zero-order valence-electron chi connectivity index (χ0n) is 10.7. The van der Waals surface area contributed by atoms with E-state index in [9.17, 15) is 10.1 Å². The monoisotopic (exact) mass is 269 g/mol. The number of nitrogens with zero attached hydrogens (tertiary/aromatic N) is 3. The predicted octanol–water partition coefficient (Wildman–Crippen LogP) is 3.22. The van der Waals surface area contributed by atoms with Gasteiger partial charge in [-0.25, -0.2) is 0 Å². The van der Waals surface area contributed by atoms with Gasteiger partial charge < -0.3 is 4.74 Å². The molecule has 0 unspecified atom stereocenters. The predicted molar refractivity (Wildman–Crippen MR) is 71.5 cm³/mol. The molecule has 1 aromatic heterocycles. The summed E-state index contributed by atoms with van der Waals surface area (Å²) >= 11 is 0. The Balaban J connectivity index is 2.33. The zero-order valence-corrected chi connectivity index (χ0v) is 10.7. The fourth-order valence-corrected chi connectivity index (χ4v) is 1.65. The van der Waals surface area contributed by atoms with E-state index in [4.69, 9.17) is 10.00 Å². The van der Waals surface area contributed by atoms with Crippen LogP contribution in [-0.2, 0) is 6.42 Å². The summed E-state index contributed by atoms with van der Waals surface area (Å²) in [5, 5.41) is 19.7. The third kappa shape index (κ3) is 2.90. The summed E-state index contributed by atoms with van der Waals surface area (Å²) < 4.78 is 5.57. The first kappa shape index (κ1) is 13.5. The van der Waals surface area contributed by atoms with Crippen molar-refractivity contribution in [1.82, 2.24) is 4.98 Å². The molecule has 2 aromatic rings. The maximum atomic E-state index is 10.7. The van der Waals surface area contributed by atoms with Gasteiger partial charge in [0.1, 0.15) is 23.1 Å². The number of ether oxygens (including phenoxy) is 1. The Kier molecular flexibility index (Phi) is 3.91. The number of non-ortho nitro benzene ring substituents is 1. The largest absolute Gasteiger partial charge is 0.454 e. The SMILES string of the molecule is CCc1cncc(Oc2ccc([N+](=O)[O-])cc2C#N)c1. The molecule has 0 fully saturated rings. The van der Waals surface area contributed by atoms with Crippen molar-refractivity contribution in [2.24, 2.45) is 0 Å². The molecule has 0 amide bonds. The molecule has 1 aromatic carbocycles. The zero-order chi connectivity index (χ0) is 14.5. The minimum absolute atomic E-state index is 0.112. The highest BCUT2D eigenvalue weighted by Gasteiger charge is 2.12. The van der Waals surface area contributed by atoms with Gasteiger partial charge in [0, 0.05) is 18.3 Å². The lowest BCUT2D eigenvalue weighted by Crippen LogP contribution is -1.93. The summed E-state index contributed by atoms with van der Waals surface area (Å²) in [6, 6.07) is 7.60. The number of hydrogen-bond donors (Lipinski definition) is 0. The Morgan fingerprint density at radius 2 is 2.20 bits per heavy atom. The van der Waals surface area contributed by atoms with Gasteiger partial charge in [0.2, 0.25) is 0 Å². The number of nitriles is 1. The molecule has 6 nitrogen and oxygen atoms in total. The van der Waals surface area contributed by atoms with Gasteiger partial charge in [-0.3, -0.25) is 15.1 Å². The molecule has 0 N–H and O–H groups in total. The fourth-order valence-electron chi connectivity index (χ4n) is 1.65. The Bertz CT molecular complexity index is 692. The molecule has 0 aliphatic carbocycles. The molecule has 100 valence electrons. The maximum absolute atomic E-state index is 10.7. The van der Waals surface area contributed by atoms with E-state index < -0.39 is 4.92 Å². The van der Waals surface area contributed by atoms with Gasteiger partial charge in [-0.2, -0.15) is 5.26 Å². The van der Waals surface area contributed by atoms with E-state index >= 15 is 0 Å². The molecule has 0 aliphatic heterocycles. The van der Waals surface area contributed by atoms with Crippen LogP contribution in [-0.4, -0.2) is 9.91 Å². The number of benzene rings is 1. The molecule has 0 saturated carbocycles. The average Bonchev–Trinajstić information content (AvgIpc) is 2.47. The number of rotatable bonds is 4. The second-order valence-electron chi connectivity index (χ2n) is 4.03. The molecule has 0 bridgehead atoms. The normalized spacial score (nSPS) is 9.80. The average molecular weight is 269 g/mol. The lowest BCUT2D eigenvalue weighted by atomic mass is 10.2. The van der Waals surface area contributed by atoms with Gasteiger partial charge in [0.15, 0.2) is 0 Å². The van der Waals surface area contributed by atoms with Crippen LogP contribution >= 0.6 is 0 Å². The number of hydrogen-bond acceptors (Lipinski definition) is 5. The second-order valence-corrected chi connectivity index (χ2v) is 4.03. The highest BCUT2D eigenvalue weighted by Crippen LogP contribution is 2.28. The number of nitro groups is 1. The van der Waals surface area contributed by atoms with Gasteiger partial charge in [-0.1, -0.05) is 6.92 Å². The molecule has 20 heavy (non-hydrogen) atoms. The highest BCUT2D eigenvalue weighted by atomic mass is 16.6. The molecule has 0 saturated heterocycles. The van der Waals surface area contributed by atoms with E-state index in [-0.39, 0.29) is 17.0 Å². The van der Waals surface area contributed by atoms with E-state index in [2.05, 4.69) is 4.98 Å². The lowest BCUT2D eigenvalue weighted by Gasteiger charge is -2.07. The van der Waals surface area contributed by atoms with E-state index in [1.165, 1.54) is 24.4 Å². The molecular weight excluding hydrogens is 258 g/mol.